The molecule has 35 heavy (non-hydrogen) atoms. The average molecular weight is 479 g/mol. The summed E-state index contributed by atoms with van der Waals surface area (Å²) in [5.74, 6) is -0.490. The van der Waals surface area contributed by atoms with Crippen molar-refractivity contribution < 1.29 is 28.7 Å². The number of methoxy groups -OCH3 is 1. The fourth-order valence-corrected chi connectivity index (χ4v) is 4.66. The van der Waals surface area contributed by atoms with E-state index in [4.69, 9.17) is 9.47 Å². The summed E-state index contributed by atoms with van der Waals surface area (Å²) in [5, 5.41) is 3.37. The number of amides is 2. The zero-order chi connectivity index (χ0) is 24.9. The van der Waals surface area contributed by atoms with Crippen LogP contribution in [0.25, 0.3) is 0 Å². The van der Waals surface area contributed by atoms with Gasteiger partial charge in [-0.1, -0.05) is 19.1 Å². The summed E-state index contributed by atoms with van der Waals surface area (Å²) in [4.78, 5) is 51.5. The topological polar surface area (TPSA) is 102 Å². The number of hydrogen-bond acceptors (Lipinski definition) is 7. The molecule has 2 aromatic rings. The van der Waals surface area contributed by atoms with Crippen LogP contribution in [0.15, 0.2) is 48.5 Å². The van der Waals surface area contributed by atoms with Gasteiger partial charge in [-0.2, -0.15) is 0 Å². The number of hydrogen-bond donors (Lipinski definition) is 1. The minimum Gasteiger partial charge on any atom is -0.496 e. The van der Waals surface area contributed by atoms with E-state index in [0.717, 1.165) is 25.7 Å². The molecule has 2 aromatic carbocycles. The molecule has 0 aromatic heterocycles. The number of carbonyl (C=O) groups excluding carboxylic acids is 4. The Bertz CT molecular complexity index is 1100. The summed E-state index contributed by atoms with van der Waals surface area (Å²) in [6, 6.07) is 12.5. The van der Waals surface area contributed by atoms with Crippen molar-refractivity contribution in [2.75, 3.05) is 18.6 Å². The number of ether oxygens (including phenoxy) is 2. The van der Waals surface area contributed by atoms with Crippen molar-refractivity contribution in [2.24, 2.45) is 5.92 Å². The van der Waals surface area contributed by atoms with Gasteiger partial charge in [0.15, 0.2) is 6.61 Å². The van der Waals surface area contributed by atoms with E-state index < -0.39 is 18.6 Å². The summed E-state index contributed by atoms with van der Waals surface area (Å²) in [6.07, 6.45) is 4.39. The van der Waals surface area contributed by atoms with E-state index in [0.29, 0.717) is 22.9 Å². The highest BCUT2D eigenvalue weighted by Crippen LogP contribution is 2.27. The van der Waals surface area contributed by atoms with E-state index in [-0.39, 0.29) is 35.6 Å². The Kier molecular flexibility index (Phi) is 7.60. The first-order valence-electron chi connectivity index (χ1n) is 11.9. The first-order chi connectivity index (χ1) is 16.9. The van der Waals surface area contributed by atoms with Crippen LogP contribution in [-0.2, 0) is 14.3 Å². The molecule has 2 aliphatic rings. The number of para-hydroxylation sites is 1. The summed E-state index contributed by atoms with van der Waals surface area (Å²) in [7, 11) is 1.46. The standard InChI is InChI=1S/C27H30N2O6/c1-17-7-11-19(12-8-17)28-22-15-25(31)29(26(22)32)20-13-9-18(10-14-20)27(33)35-16-23(30)21-5-3-4-6-24(21)34-2/h3-6,9-10,13-14,17,19,22,28H,7-8,11-12,15-16H2,1-2H3. The van der Waals surface area contributed by atoms with Gasteiger partial charge in [0.05, 0.1) is 36.4 Å². The predicted octanol–water partition coefficient (Wildman–Crippen LogP) is 3.54. The summed E-state index contributed by atoms with van der Waals surface area (Å²) < 4.78 is 10.3. The zero-order valence-electron chi connectivity index (χ0n) is 20.0. The molecule has 0 radical (unpaired) electrons. The molecule has 8 heteroatoms. The maximum Gasteiger partial charge on any atom is 0.338 e. The van der Waals surface area contributed by atoms with Crippen LogP contribution in [0.4, 0.5) is 5.69 Å². The highest BCUT2D eigenvalue weighted by molar-refractivity contribution is 6.22. The van der Waals surface area contributed by atoms with E-state index in [1.54, 1.807) is 36.4 Å². The minimum absolute atomic E-state index is 0.125. The molecule has 0 bridgehead atoms. The second kappa shape index (κ2) is 10.8. The molecule has 4 rings (SSSR count). The van der Waals surface area contributed by atoms with E-state index >= 15 is 0 Å². The number of imide groups is 1. The molecular formula is C27H30N2O6. The lowest BCUT2D eigenvalue weighted by molar-refractivity contribution is -0.121. The smallest absolute Gasteiger partial charge is 0.338 e. The van der Waals surface area contributed by atoms with Gasteiger partial charge in [0.2, 0.25) is 11.7 Å². The Morgan fingerprint density at radius 3 is 2.37 bits per heavy atom. The second-order valence-corrected chi connectivity index (χ2v) is 9.19. The number of Topliss-reactive ketones (excluding diaryl/α,β-unsaturated/α-hetero) is 1. The number of ketones is 1. The number of benzene rings is 2. The summed E-state index contributed by atoms with van der Waals surface area (Å²) in [6.45, 7) is 1.80. The van der Waals surface area contributed by atoms with Gasteiger partial charge >= 0.3 is 5.97 Å². The predicted molar refractivity (Wildman–Crippen MR) is 130 cm³/mol. The monoisotopic (exact) mass is 478 g/mol. The van der Waals surface area contributed by atoms with Crippen LogP contribution in [-0.4, -0.2) is 49.4 Å². The summed E-state index contributed by atoms with van der Waals surface area (Å²) >= 11 is 0. The Balaban J connectivity index is 1.34. The number of nitrogens with zero attached hydrogens (tertiary/aromatic N) is 1. The molecule has 1 atom stereocenters. The van der Waals surface area contributed by atoms with Gasteiger partial charge < -0.3 is 14.8 Å². The third kappa shape index (κ3) is 5.59. The lowest BCUT2D eigenvalue weighted by Crippen LogP contribution is -2.45. The van der Waals surface area contributed by atoms with Gasteiger partial charge in [-0.15, -0.1) is 0 Å². The minimum atomic E-state index is -0.676. The van der Waals surface area contributed by atoms with Gasteiger partial charge in [0.25, 0.3) is 5.91 Å². The van der Waals surface area contributed by atoms with Crippen molar-refractivity contribution in [3.05, 3.63) is 59.7 Å². The fraction of sp³-hybridized carbons (Fsp3) is 0.407. The van der Waals surface area contributed by atoms with Gasteiger partial charge in [-0.25, -0.2) is 9.69 Å². The van der Waals surface area contributed by atoms with Crippen molar-refractivity contribution in [1.82, 2.24) is 5.32 Å². The molecule has 2 amide bonds. The van der Waals surface area contributed by atoms with Gasteiger partial charge in [-0.05, 0) is 68.0 Å². The largest absolute Gasteiger partial charge is 0.496 e. The second-order valence-electron chi connectivity index (χ2n) is 9.19. The van der Waals surface area contributed by atoms with E-state index in [9.17, 15) is 19.2 Å². The van der Waals surface area contributed by atoms with Crippen LogP contribution in [0.5, 0.6) is 5.75 Å². The normalized spacial score (nSPS) is 22.2. The molecule has 1 heterocycles. The van der Waals surface area contributed by atoms with Crippen molar-refractivity contribution in [3.63, 3.8) is 0 Å². The van der Waals surface area contributed by atoms with Crippen LogP contribution in [0.3, 0.4) is 0 Å². The van der Waals surface area contributed by atoms with Crippen LogP contribution >= 0.6 is 0 Å². The van der Waals surface area contributed by atoms with Crippen molar-refractivity contribution in [2.45, 2.75) is 51.1 Å². The zero-order valence-corrected chi connectivity index (χ0v) is 20.0. The molecule has 1 saturated carbocycles. The van der Waals surface area contributed by atoms with E-state index in [1.807, 2.05) is 0 Å². The fourth-order valence-electron chi connectivity index (χ4n) is 4.66. The Labute approximate surface area is 204 Å². The number of esters is 1. The lowest BCUT2D eigenvalue weighted by atomic mass is 9.87. The van der Waals surface area contributed by atoms with Gasteiger partial charge in [0.1, 0.15) is 5.75 Å². The molecule has 2 fully saturated rings. The summed E-state index contributed by atoms with van der Waals surface area (Å²) in [5.41, 5.74) is 0.949. The van der Waals surface area contributed by atoms with Gasteiger partial charge in [-0.3, -0.25) is 14.4 Å². The molecule has 1 saturated heterocycles. The van der Waals surface area contributed by atoms with Crippen molar-refractivity contribution >= 4 is 29.3 Å². The van der Waals surface area contributed by atoms with Crippen LogP contribution in [0.1, 0.15) is 59.7 Å². The molecule has 0 spiro atoms. The maximum atomic E-state index is 12.9. The van der Waals surface area contributed by atoms with Gasteiger partial charge in [0, 0.05) is 6.04 Å². The Hall–Kier alpha value is -3.52. The highest BCUT2D eigenvalue weighted by atomic mass is 16.5. The number of rotatable bonds is 8. The molecule has 1 unspecified atom stereocenters. The molecule has 184 valence electrons. The first kappa shape index (κ1) is 24.6. The van der Waals surface area contributed by atoms with Crippen molar-refractivity contribution in [3.8, 4) is 5.75 Å². The molecule has 8 nitrogen and oxygen atoms in total. The molecule has 1 aliphatic heterocycles. The Morgan fingerprint density at radius 1 is 1.00 bits per heavy atom. The SMILES string of the molecule is COc1ccccc1C(=O)COC(=O)c1ccc(N2C(=O)CC(NC3CCC(C)CC3)C2=O)cc1. The quantitative estimate of drug-likeness (QED) is 0.352. The highest BCUT2D eigenvalue weighted by Gasteiger charge is 2.40. The van der Waals surface area contributed by atoms with E-state index in [2.05, 4.69) is 12.2 Å². The number of carbonyl (C=O) groups is 4. The van der Waals surface area contributed by atoms with E-state index in [1.165, 1.54) is 24.1 Å². The molecular weight excluding hydrogens is 448 g/mol. The number of nitrogens with one attached hydrogen (secondary N) is 1. The first-order valence-corrected chi connectivity index (χ1v) is 11.9. The maximum absolute atomic E-state index is 12.9. The third-order valence-corrected chi connectivity index (χ3v) is 6.70. The van der Waals surface area contributed by atoms with Crippen LogP contribution in [0, 0.1) is 5.92 Å². The Morgan fingerprint density at radius 2 is 1.69 bits per heavy atom. The third-order valence-electron chi connectivity index (χ3n) is 6.70. The molecule has 1 aliphatic carbocycles. The molecule has 1 N–H and O–H groups in total. The average Bonchev–Trinajstić information content (AvgIpc) is 3.16. The lowest BCUT2D eigenvalue weighted by Gasteiger charge is -2.28. The number of anilines is 1. The van der Waals surface area contributed by atoms with Crippen LogP contribution < -0.4 is 15.0 Å². The van der Waals surface area contributed by atoms with Crippen molar-refractivity contribution in [1.29, 1.82) is 0 Å². The van der Waals surface area contributed by atoms with Crippen LogP contribution in [0.2, 0.25) is 0 Å².